The first-order chi connectivity index (χ1) is 29.6. The standard InChI is InChI=1S/C56H46N4O.Pt/c1-37(2)41-30-31-57-53(32-41)60-50-29-26-42(56(4,5)6)33-49(50)48-28-27-45(35-52(48)60)61-44-22-14-21-43(34-44)58-36-59(54-38(3)16-13-25-51(54)58)55-46(39-17-9-7-10-18-39)23-15-24-47(55)40-19-11-8-12-20-40;/h7-33,37H,1-6H3;/q-2;. The van der Waals surface area contributed by atoms with Crippen molar-refractivity contribution in [1.29, 1.82) is 0 Å². The molecule has 0 saturated heterocycles. The van der Waals surface area contributed by atoms with Crippen molar-refractivity contribution in [1.82, 2.24) is 14.1 Å². The Kier molecular flexibility index (Phi) is 10.8. The van der Waals surface area contributed by atoms with E-state index in [2.05, 4.69) is 213 Å². The van der Waals surface area contributed by atoms with Gasteiger partial charge in [-0.25, -0.2) is 4.98 Å². The van der Waals surface area contributed by atoms with Crippen molar-refractivity contribution in [2.45, 2.75) is 52.9 Å². The van der Waals surface area contributed by atoms with Crippen LogP contribution in [0.2, 0.25) is 0 Å². The summed E-state index contributed by atoms with van der Waals surface area (Å²) in [7, 11) is 0. The fourth-order valence-electron chi connectivity index (χ4n) is 8.50. The quantitative estimate of drug-likeness (QED) is 0.112. The van der Waals surface area contributed by atoms with Crippen molar-refractivity contribution in [3.63, 3.8) is 0 Å². The van der Waals surface area contributed by atoms with Gasteiger partial charge in [-0.05, 0) is 86.5 Å². The molecule has 0 fully saturated rings. The number of fused-ring (bicyclic) bond motifs is 4. The van der Waals surface area contributed by atoms with Gasteiger partial charge in [0.15, 0.2) is 0 Å². The Balaban J connectivity index is 0.00000490. The first-order valence-corrected chi connectivity index (χ1v) is 21.0. The van der Waals surface area contributed by atoms with Crippen LogP contribution in [0.1, 0.15) is 57.2 Å². The van der Waals surface area contributed by atoms with E-state index in [1.807, 2.05) is 24.4 Å². The molecule has 5 nitrogen and oxygen atoms in total. The van der Waals surface area contributed by atoms with Crippen LogP contribution in [0.15, 0.2) is 164 Å². The maximum absolute atomic E-state index is 6.68. The second-order valence-electron chi connectivity index (χ2n) is 17.2. The third kappa shape index (κ3) is 7.35. The van der Waals surface area contributed by atoms with E-state index in [4.69, 9.17) is 9.72 Å². The Morgan fingerprint density at radius 2 is 1.32 bits per heavy atom. The maximum atomic E-state index is 6.68. The fraction of sp³-hybridized carbons (Fsp3) is 0.143. The van der Waals surface area contributed by atoms with Gasteiger partial charge >= 0.3 is 0 Å². The average molecular weight is 986 g/mol. The Bertz CT molecular complexity index is 3190. The van der Waals surface area contributed by atoms with E-state index >= 15 is 0 Å². The minimum Gasteiger partial charge on any atom is -0.510 e. The maximum Gasteiger partial charge on any atom is 0.268 e. The van der Waals surface area contributed by atoms with E-state index in [0.717, 1.165) is 72.5 Å². The van der Waals surface area contributed by atoms with Crippen LogP contribution in [0.3, 0.4) is 0 Å². The molecular formula is C56H46N4OPt-2. The number of ether oxygens (including phenoxy) is 1. The second kappa shape index (κ2) is 16.4. The van der Waals surface area contributed by atoms with E-state index in [0.29, 0.717) is 17.4 Å². The van der Waals surface area contributed by atoms with Gasteiger partial charge < -0.3 is 13.9 Å². The molecule has 0 aliphatic carbocycles. The van der Waals surface area contributed by atoms with E-state index in [1.165, 1.54) is 16.5 Å². The molecule has 0 unspecified atom stereocenters. The Morgan fingerprint density at radius 1 is 0.645 bits per heavy atom. The van der Waals surface area contributed by atoms with Gasteiger partial charge in [0.25, 0.3) is 6.33 Å². The molecule has 0 saturated carbocycles. The molecule has 0 N–H and O–H groups in total. The molecule has 308 valence electrons. The van der Waals surface area contributed by atoms with Crippen LogP contribution in [0, 0.1) is 25.4 Å². The largest absolute Gasteiger partial charge is 0.510 e. The number of hydrogen-bond donors (Lipinski definition) is 0. The number of hydrogen-bond acceptors (Lipinski definition) is 2. The van der Waals surface area contributed by atoms with Crippen molar-refractivity contribution >= 4 is 32.8 Å². The molecular weight excluding hydrogens is 940 g/mol. The Morgan fingerprint density at radius 3 is 2.02 bits per heavy atom. The zero-order valence-corrected chi connectivity index (χ0v) is 38.0. The molecule has 10 aromatic rings. The number of pyridine rings is 1. The van der Waals surface area contributed by atoms with E-state index in [-0.39, 0.29) is 26.5 Å². The van der Waals surface area contributed by atoms with Crippen LogP contribution in [-0.4, -0.2) is 14.1 Å². The molecule has 0 atom stereocenters. The summed E-state index contributed by atoms with van der Waals surface area (Å²) in [5.74, 6) is 2.40. The van der Waals surface area contributed by atoms with Crippen LogP contribution in [0.25, 0.3) is 72.3 Å². The molecule has 6 heteroatoms. The summed E-state index contributed by atoms with van der Waals surface area (Å²) in [6, 6.07) is 62.6. The normalized spacial score (nSPS) is 11.7. The zero-order chi connectivity index (χ0) is 41.8. The summed E-state index contributed by atoms with van der Waals surface area (Å²) in [4.78, 5) is 4.88. The number of aryl methyl sites for hydroxylation is 1. The van der Waals surface area contributed by atoms with Gasteiger partial charge in [0.2, 0.25) is 0 Å². The van der Waals surface area contributed by atoms with Gasteiger partial charge in [-0.1, -0.05) is 149 Å². The molecule has 0 amide bonds. The fourth-order valence-corrected chi connectivity index (χ4v) is 8.50. The van der Waals surface area contributed by atoms with E-state index in [9.17, 15) is 0 Å². The van der Waals surface area contributed by atoms with Crippen molar-refractivity contribution in [2.75, 3.05) is 0 Å². The smallest absolute Gasteiger partial charge is 0.268 e. The van der Waals surface area contributed by atoms with Gasteiger partial charge in [-0.3, -0.25) is 4.57 Å². The summed E-state index contributed by atoms with van der Waals surface area (Å²) in [6.45, 7) is 13.4. The Hall–Kier alpha value is -6.55. The van der Waals surface area contributed by atoms with Crippen LogP contribution < -0.4 is 9.30 Å². The molecule has 10 rings (SSSR count). The number of aromatic nitrogens is 4. The molecule has 7 aromatic carbocycles. The van der Waals surface area contributed by atoms with Gasteiger partial charge in [-0.2, -0.15) is 18.2 Å². The minimum absolute atomic E-state index is 0. The van der Waals surface area contributed by atoms with E-state index in [1.54, 1.807) is 0 Å². The number of benzene rings is 7. The summed E-state index contributed by atoms with van der Waals surface area (Å²) in [6.07, 6.45) is 5.70. The predicted octanol–water partition coefficient (Wildman–Crippen LogP) is 13.7. The number of imidazole rings is 1. The van der Waals surface area contributed by atoms with Crippen LogP contribution in [0.5, 0.6) is 11.5 Å². The van der Waals surface area contributed by atoms with Crippen molar-refractivity contribution < 1.29 is 30.4 Å². The van der Waals surface area contributed by atoms with Gasteiger partial charge in [0.1, 0.15) is 5.82 Å². The van der Waals surface area contributed by atoms with Crippen LogP contribution in [-0.2, 0) is 26.5 Å². The van der Waals surface area contributed by atoms with Crippen molar-refractivity contribution in [3.8, 4) is 50.9 Å². The third-order valence-corrected chi connectivity index (χ3v) is 11.7. The van der Waals surface area contributed by atoms with Crippen LogP contribution in [0.4, 0.5) is 0 Å². The van der Waals surface area contributed by atoms with Gasteiger partial charge in [0.05, 0.1) is 16.7 Å². The zero-order valence-electron chi connectivity index (χ0n) is 35.7. The molecule has 0 bridgehead atoms. The molecule has 3 heterocycles. The van der Waals surface area contributed by atoms with Gasteiger partial charge in [0, 0.05) is 44.3 Å². The van der Waals surface area contributed by atoms with E-state index < -0.39 is 0 Å². The average Bonchev–Trinajstić information content (AvgIpc) is 3.83. The molecule has 0 aliphatic rings. The third-order valence-electron chi connectivity index (χ3n) is 11.7. The summed E-state index contributed by atoms with van der Waals surface area (Å²) in [5, 5.41) is 2.26. The first kappa shape index (κ1) is 40.8. The summed E-state index contributed by atoms with van der Waals surface area (Å²) >= 11 is 0. The summed E-state index contributed by atoms with van der Waals surface area (Å²) in [5.41, 5.74) is 14.1. The molecule has 0 radical (unpaired) electrons. The SMILES string of the molecule is Cc1cccc2c1[n+](-c1c(-c3ccccc3)cccc1-c1ccccc1)[c-]n2-c1[c-]c(Oc2[c-]c3c(cc2)c2cc(C(C)(C)C)ccc2n3-c2cc(C(C)C)ccn2)ccc1.[Pt]. The van der Waals surface area contributed by atoms with Crippen molar-refractivity contribution in [3.05, 3.63) is 199 Å². The van der Waals surface area contributed by atoms with Gasteiger partial charge in [-0.15, -0.1) is 29.7 Å². The number of nitrogens with zero attached hydrogens (tertiary/aromatic N) is 4. The predicted molar refractivity (Wildman–Crippen MR) is 248 cm³/mol. The molecule has 0 aliphatic heterocycles. The topological polar surface area (TPSA) is 35.9 Å². The number of para-hydroxylation sites is 2. The monoisotopic (exact) mass is 985 g/mol. The number of rotatable bonds is 8. The second-order valence-corrected chi connectivity index (χ2v) is 17.2. The molecule has 0 spiro atoms. The first-order valence-electron chi connectivity index (χ1n) is 21.0. The summed E-state index contributed by atoms with van der Waals surface area (Å²) < 4.78 is 13.2. The molecule has 3 aromatic heterocycles. The Labute approximate surface area is 378 Å². The van der Waals surface area contributed by atoms with Crippen molar-refractivity contribution in [2.24, 2.45) is 0 Å². The minimum atomic E-state index is 0. The van der Waals surface area contributed by atoms with Crippen LogP contribution >= 0.6 is 0 Å². The molecule has 62 heavy (non-hydrogen) atoms.